The highest BCUT2D eigenvalue weighted by molar-refractivity contribution is 6.70. The maximum absolute atomic E-state index is 6.85. The van der Waals surface area contributed by atoms with Crippen LogP contribution in [-0.2, 0) is 28.7 Å². The summed E-state index contributed by atoms with van der Waals surface area (Å²) in [5.74, 6) is 1.10. The summed E-state index contributed by atoms with van der Waals surface area (Å²) in [6.07, 6.45) is 0. The van der Waals surface area contributed by atoms with E-state index in [0.717, 1.165) is 5.75 Å². The smallest absolute Gasteiger partial charge is 0.242 e. The minimum Gasteiger partial charge on any atom is -0.544 e. The standard InChI is InChI=1S/C37H57NOSi/c1-24-27(34(2,3)4)20-25(21-28(24)35(5,6)7)31-18-19-32(38(31)14)26-22-29(36(8,9)10)33(39-40(15,16)17)30(23-26)37(11,12)13/h18-23H,1-17H3. The van der Waals surface area contributed by atoms with E-state index in [9.17, 15) is 0 Å². The summed E-state index contributed by atoms with van der Waals surface area (Å²) in [6.45, 7) is 36.9. The predicted octanol–water partition coefficient (Wildman–Crippen LogP) is 11.1. The van der Waals surface area contributed by atoms with E-state index in [1.54, 1.807) is 0 Å². The summed E-state index contributed by atoms with van der Waals surface area (Å²) in [7, 11) is 0.402. The molecule has 220 valence electrons. The molecule has 0 bridgehead atoms. The second-order valence-corrected chi connectivity index (χ2v) is 21.4. The summed E-state index contributed by atoms with van der Waals surface area (Å²) in [6, 6.07) is 14.2. The van der Waals surface area contributed by atoms with Crippen LogP contribution in [0.4, 0.5) is 0 Å². The molecule has 3 aromatic rings. The lowest BCUT2D eigenvalue weighted by Gasteiger charge is -2.34. The van der Waals surface area contributed by atoms with Crippen molar-refractivity contribution in [1.82, 2.24) is 4.57 Å². The molecule has 0 amide bonds. The number of hydrogen-bond donors (Lipinski definition) is 0. The van der Waals surface area contributed by atoms with E-state index in [4.69, 9.17) is 4.43 Å². The van der Waals surface area contributed by atoms with Crippen molar-refractivity contribution in [2.45, 2.75) is 131 Å². The Morgan fingerprint density at radius 2 is 0.850 bits per heavy atom. The molecule has 0 spiro atoms. The van der Waals surface area contributed by atoms with Gasteiger partial charge in [0.15, 0.2) is 0 Å². The Balaban J connectivity index is 2.34. The van der Waals surface area contributed by atoms with Crippen molar-refractivity contribution in [3.05, 3.63) is 64.2 Å². The van der Waals surface area contributed by atoms with Crippen LogP contribution < -0.4 is 4.43 Å². The monoisotopic (exact) mass is 559 g/mol. The van der Waals surface area contributed by atoms with E-state index >= 15 is 0 Å². The average Bonchev–Trinajstić information content (AvgIpc) is 3.11. The summed E-state index contributed by atoms with van der Waals surface area (Å²) in [5, 5.41) is 0. The number of rotatable bonds is 4. The van der Waals surface area contributed by atoms with E-state index in [2.05, 4.69) is 158 Å². The molecule has 0 fully saturated rings. The van der Waals surface area contributed by atoms with Crippen molar-refractivity contribution in [2.75, 3.05) is 0 Å². The van der Waals surface area contributed by atoms with Crippen LogP contribution in [0.25, 0.3) is 22.5 Å². The van der Waals surface area contributed by atoms with Crippen molar-refractivity contribution in [3.63, 3.8) is 0 Å². The molecule has 0 atom stereocenters. The quantitative estimate of drug-likeness (QED) is 0.290. The van der Waals surface area contributed by atoms with Crippen molar-refractivity contribution >= 4 is 8.32 Å². The van der Waals surface area contributed by atoms with Gasteiger partial charge in [-0.2, -0.15) is 0 Å². The van der Waals surface area contributed by atoms with E-state index < -0.39 is 8.32 Å². The molecule has 2 nitrogen and oxygen atoms in total. The van der Waals surface area contributed by atoms with Crippen molar-refractivity contribution < 1.29 is 4.43 Å². The molecule has 0 aliphatic carbocycles. The minimum atomic E-state index is -1.82. The molecule has 40 heavy (non-hydrogen) atoms. The molecule has 2 aromatic carbocycles. The topological polar surface area (TPSA) is 14.2 Å². The van der Waals surface area contributed by atoms with Gasteiger partial charge in [0.2, 0.25) is 8.32 Å². The Hall–Kier alpha value is -2.26. The first-order valence-electron chi connectivity index (χ1n) is 15.0. The van der Waals surface area contributed by atoms with Gasteiger partial charge in [-0.25, -0.2) is 0 Å². The van der Waals surface area contributed by atoms with Gasteiger partial charge < -0.3 is 8.99 Å². The minimum absolute atomic E-state index is 0.0425. The van der Waals surface area contributed by atoms with Crippen molar-refractivity contribution in [2.24, 2.45) is 7.05 Å². The lowest BCUT2D eigenvalue weighted by atomic mass is 9.75. The summed E-state index contributed by atoms with van der Waals surface area (Å²) in [5.41, 5.74) is 12.0. The van der Waals surface area contributed by atoms with Crippen LogP contribution in [0.3, 0.4) is 0 Å². The van der Waals surface area contributed by atoms with Crippen LogP contribution in [-0.4, -0.2) is 12.9 Å². The summed E-state index contributed by atoms with van der Waals surface area (Å²) in [4.78, 5) is 0. The Morgan fingerprint density at radius 3 is 1.12 bits per heavy atom. The molecule has 1 heterocycles. The third kappa shape index (κ3) is 6.78. The number of nitrogens with zero attached hydrogens (tertiary/aromatic N) is 1. The lowest BCUT2D eigenvalue weighted by Crippen LogP contribution is -2.32. The number of hydrogen-bond acceptors (Lipinski definition) is 1. The molecule has 0 radical (unpaired) electrons. The molecule has 0 saturated carbocycles. The van der Waals surface area contributed by atoms with Gasteiger partial charge in [0, 0.05) is 18.4 Å². The van der Waals surface area contributed by atoms with Gasteiger partial charge in [0.1, 0.15) is 5.75 Å². The van der Waals surface area contributed by atoms with Crippen LogP contribution in [0.2, 0.25) is 19.6 Å². The molecular weight excluding hydrogens is 502 g/mol. The van der Waals surface area contributed by atoms with Gasteiger partial charge >= 0.3 is 0 Å². The largest absolute Gasteiger partial charge is 0.544 e. The van der Waals surface area contributed by atoms with Gasteiger partial charge in [-0.05, 0) is 124 Å². The summed E-state index contributed by atoms with van der Waals surface area (Å²) >= 11 is 0. The maximum atomic E-state index is 6.85. The fraction of sp³-hybridized carbons (Fsp3) is 0.568. The average molecular weight is 560 g/mol. The normalized spacial score (nSPS) is 13.6. The first kappa shape index (κ1) is 32.3. The van der Waals surface area contributed by atoms with Gasteiger partial charge in [0.05, 0.1) is 0 Å². The molecular formula is C37H57NOSi. The van der Waals surface area contributed by atoms with Crippen LogP contribution in [0.15, 0.2) is 36.4 Å². The molecule has 0 saturated heterocycles. The Kier molecular flexibility index (Phi) is 8.25. The SMILES string of the molecule is Cc1c(C(C)(C)C)cc(-c2ccc(-c3cc(C(C)(C)C)c(O[Si](C)(C)C)c(C(C)(C)C)c3)n2C)cc1C(C)(C)C. The molecule has 3 rings (SSSR count). The third-order valence-electron chi connectivity index (χ3n) is 7.85. The highest BCUT2D eigenvalue weighted by atomic mass is 28.4. The van der Waals surface area contributed by atoms with E-state index in [1.165, 1.54) is 50.3 Å². The molecule has 0 unspecified atom stereocenters. The van der Waals surface area contributed by atoms with Gasteiger partial charge in [-0.15, -0.1) is 0 Å². The van der Waals surface area contributed by atoms with Crippen LogP contribution in [0.1, 0.15) is 111 Å². The predicted molar refractivity (Wildman–Crippen MR) is 180 cm³/mol. The third-order valence-corrected chi connectivity index (χ3v) is 8.67. The van der Waals surface area contributed by atoms with Gasteiger partial charge in [-0.3, -0.25) is 0 Å². The Morgan fingerprint density at radius 1 is 0.550 bits per heavy atom. The molecule has 0 N–H and O–H groups in total. The van der Waals surface area contributed by atoms with Gasteiger partial charge in [-0.1, -0.05) is 83.1 Å². The number of benzene rings is 2. The fourth-order valence-corrected chi connectivity index (χ4v) is 6.65. The van der Waals surface area contributed by atoms with Crippen molar-refractivity contribution in [3.8, 4) is 28.3 Å². The molecule has 0 aliphatic heterocycles. The van der Waals surface area contributed by atoms with Gasteiger partial charge in [0.25, 0.3) is 0 Å². The Labute approximate surface area is 247 Å². The molecule has 3 heteroatoms. The Bertz CT molecular complexity index is 1320. The van der Waals surface area contributed by atoms with Crippen LogP contribution in [0.5, 0.6) is 5.75 Å². The van der Waals surface area contributed by atoms with Crippen molar-refractivity contribution in [1.29, 1.82) is 0 Å². The highest BCUT2D eigenvalue weighted by Crippen LogP contribution is 2.45. The maximum Gasteiger partial charge on any atom is 0.242 e. The highest BCUT2D eigenvalue weighted by Gasteiger charge is 2.32. The zero-order valence-electron chi connectivity index (χ0n) is 28.8. The van der Waals surface area contributed by atoms with E-state index in [0.29, 0.717) is 0 Å². The first-order chi connectivity index (χ1) is 17.8. The van der Waals surface area contributed by atoms with Crippen LogP contribution >= 0.6 is 0 Å². The van der Waals surface area contributed by atoms with Crippen LogP contribution in [0, 0.1) is 6.92 Å². The second-order valence-electron chi connectivity index (χ2n) is 17.0. The summed E-state index contributed by atoms with van der Waals surface area (Å²) < 4.78 is 9.23. The zero-order chi connectivity index (χ0) is 30.8. The fourth-order valence-electron chi connectivity index (χ4n) is 5.82. The van der Waals surface area contributed by atoms with E-state index in [1.807, 2.05) is 0 Å². The first-order valence-corrected chi connectivity index (χ1v) is 18.4. The number of aromatic nitrogens is 1. The zero-order valence-corrected chi connectivity index (χ0v) is 29.8. The lowest BCUT2D eigenvalue weighted by molar-refractivity contribution is 0.478. The van der Waals surface area contributed by atoms with E-state index in [-0.39, 0.29) is 21.7 Å². The molecule has 1 aromatic heterocycles. The second kappa shape index (κ2) is 10.2. The molecule has 0 aliphatic rings.